The summed E-state index contributed by atoms with van der Waals surface area (Å²) in [5.41, 5.74) is 3.88. The number of aromatic nitrogens is 3. The van der Waals surface area contributed by atoms with Crippen LogP contribution in [0.4, 0.5) is 0 Å². The minimum Gasteiger partial charge on any atom is -0.317 e. The molecular weight excluding hydrogens is 234 g/mol. The maximum Gasteiger partial charge on any atom is 0.147 e. The van der Waals surface area contributed by atoms with E-state index >= 15 is 0 Å². The van der Waals surface area contributed by atoms with Gasteiger partial charge in [-0.2, -0.15) is 0 Å². The number of aryl methyl sites for hydroxylation is 2. The standard InChI is InChI=1S/C13H16ClN3/c1-9-4-5-11(6-10(9)2)7-12-15-16-13(8-14)17(12)3/h4-6H,7-8H2,1-3H3. The van der Waals surface area contributed by atoms with Gasteiger partial charge in [0.05, 0.1) is 5.88 Å². The fraction of sp³-hybridized carbons (Fsp3) is 0.385. The van der Waals surface area contributed by atoms with E-state index < -0.39 is 0 Å². The van der Waals surface area contributed by atoms with E-state index in [4.69, 9.17) is 11.6 Å². The van der Waals surface area contributed by atoms with Crippen molar-refractivity contribution in [2.45, 2.75) is 26.1 Å². The number of hydrogen-bond acceptors (Lipinski definition) is 2. The Balaban J connectivity index is 2.25. The fourth-order valence-electron chi connectivity index (χ4n) is 1.76. The van der Waals surface area contributed by atoms with Gasteiger partial charge in [-0.25, -0.2) is 0 Å². The maximum absolute atomic E-state index is 5.77. The lowest BCUT2D eigenvalue weighted by molar-refractivity contribution is 0.790. The highest BCUT2D eigenvalue weighted by atomic mass is 35.5. The molecule has 2 rings (SSSR count). The van der Waals surface area contributed by atoms with Crippen LogP contribution in [0.25, 0.3) is 0 Å². The van der Waals surface area contributed by atoms with Gasteiger partial charge in [-0.1, -0.05) is 18.2 Å². The second-order valence-electron chi connectivity index (χ2n) is 4.32. The third kappa shape index (κ3) is 2.50. The van der Waals surface area contributed by atoms with Gasteiger partial charge < -0.3 is 4.57 Å². The summed E-state index contributed by atoms with van der Waals surface area (Å²) in [6.07, 6.45) is 0.793. The van der Waals surface area contributed by atoms with Crippen LogP contribution in [0.15, 0.2) is 18.2 Å². The largest absolute Gasteiger partial charge is 0.317 e. The zero-order valence-electron chi connectivity index (χ0n) is 10.4. The summed E-state index contributed by atoms with van der Waals surface area (Å²) in [4.78, 5) is 0. The van der Waals surface area contributed by atoms with Crippen LogP contribution in [0.5, 0.6) is 0 Å². The lowest BCUT2D eigenvalue weighted by Crippen LogP contribution is -2.02. The molecule has 0 spiro atoms. The molecule has 0 aliphatic rings. The molecule has 17 heavy (non-hydrogen) atoms. The van der Waals surface area contributed by atoms with Gasteiger partial charge >= 0.3 is 0 Å². The summed E-state index contributed by atoms with van der Waals surface area (Å²) in [6, 6.07) is 6.48. The van der Waals surface area contributed by atoms with E-state index in [0.717, 1.165) is 18.1 Å². The third-order valence-corrected chi connectivity index (χ3v) is 3.35. The molecule has 0 aliphatic heterocycles. The summed E-state index contributed by atoms with van der Waals surface area (Å²) >= 11 is 5.77. The van der Waals surface area contributed by atoms with Crippen molar-refractivity contribution in [1.82, 2.24) is 14.8 Å². The van der Waals surface area contributed by atoms with Gasteiger partial charge in [0, 0.05) is 13.5 Å². The van der Waals surface area contributed by atoms with Crippen LogP contribution in [0.3, 0.4) is 0 Å². The molecule has 0 fully saturated rings. The maximum atomic E-state index is 5.77. The van der Waals surface area contributed by atoms with Gasteiger partial charge in [0.25, 0.3) is 0 Å². The first kappa shape index (κ1) is 12.1. The number of alkyl halides is 1. The average Bonchev–Trinajstić information content (AvgIpc) is 2.65. The molecule has 0 bridgehead atoms. The van der Waals surface area contributed by atoms with Crippen LogP contribution in [0.1, 0.15) is 28.3 Å². The number of nitrogens with zero attached hydrogens (tertiary/aromatic N) is 3. The molecule has 0 saturated heterocycles. The van der Waals surface area contributed by atoms with E-state index in [1.807, 2.05) is 11.6 Å². The van der Waals surface area contributed by atoms with Crippen LogP contribution in [-0.4, -0.2) is 14.8 Å². The molecule has 4 heteroatoms. The molecule has 0 atom stereocenters. The van der Waals surface area contributed by atoms with Crippen LogP contribution >= 0.6 is 11.6 Å². The van der Waals surface area contributed by atoms with Crippen molar-refractivity contribution in [1.29, 1.82) is 0 Å². The molecule has 2 aromatic rings. The van der Waals surface area contributed by atoms with Crippen molar-refractivity contribution < 1.29 is 0 Å². The zero-order valence-corrected chi connectivity index (χ0v) is 11.1. The highest BCUT2D eigenvalue weighted by Crippen LogP contribution is 2.13. The van der Waals surface area contributed by atoms with Crippen molar-refractivity contribution in [3.8, 4) is 0 Å². The van der Waals surface area contributed by atoms with Gasteiger partial charge in [0.2, 0.25) is 0 Å². The summed E-state index contributed by atoms with van der Waals surface area (Å²) in [6.45, 7) is 4.24. The molecule has 0 saturated carbocycles. The monoisotopic (exact) mass is 249 g/mol. The Morgan fingerprint density at radius 1 is 1.12 bits per heavy atom. The van der Waals surface area contributed by atoms with Crippen LogP contribution in [0, 0.1) is 13.8 Å². The summed E-state index contributed by atoms with van der Waals surface area (Å²) in [7, 11) is 1.95. The number of benzene rings is 1. The first-order chi connectivity index (χ1) is 8.11. The second kappa shape index (κ2) is 4.88. The number of rotatable bonds is 3. The lowest BCUT2D eigenvalue weighted by Gasteiger charge is -2.05. The average molecular weight is 250 g/mol. The van der Waals surface area contributed by atoms with E-state index in [2.05, 4.69) is 42.2 Å². The zero-order chi connectivity index (χ0) is 12.4. The topological polar surface area (TPSA) is 30.7 Å². The SMILES string of the molecule is Cc1ccc(Cc2nnc(CCl)n2C)cc1C. The molecule has 0 amide bonds. The molecule has 1 aromatic heterocycles. The van der Waals surface area contributed by atoms with E-state index in [1.54, 1.807) is 0 Å². The summed E-state index contributed by atoms with van der Waals surface area (Å²) < 4.78 is 1.96. The summed E-state index contributed by atoms with van der Waals surface area (Å²) in [5, 5.41) is 8.21. The minimum absolute atomic E-state index is 0.399. The van der Waals surface area contributed by atoms with Crippen LogP contribution in [-0.2, 0) is 19.3 Å². The van der Waals surface area contributed by atoms with Gasteiger partial charge in [0.1, 0.15) is 11.6 Å². The Kier molecular flexibility index (Phi) is 3.48. The molecule has 0 N–H and O–H groups in total. The number of halogens is 1. The van der Waals surface area contributed by atoms with Crippen molar-refractivity contribution in [2.24, 2.45) is 7.05 Å². The Morgan fingerprint density at radius 3 is 2.41 bits per heavy atom. The first-order valence-corrected chi connectivity index (χ1v) is 6.14. The van der Waals surface area contributed by atoms with Gasteiger partial charge in [0.15, 0.2) is 0 Å². The molecule has 1 heterocycles. The molecule has 0 radical (unpaired) electrons. The lowest BCUT2D eigenvalue weighted by atomic mass is 10.0. The molecule has 3 nitrogen and oxygen atoms in total. The molecule has 90 valence electrons. The second-order valence-corrected chi connectivity index (χ2v) is 4.59. The molecule has 0 unspecified atom stereocenters. The summed E-state index contributed by atoms with van der Waals surface area (Å²) in [5.74, 6) is 2.16. The number of hydrogen-bond donors (Lipinski definition) is 0. The van der Waals surface area contributed by atoms with Crippen molar-refractivity contribution >= 4 is 11.6 Å². The van der Waals surface area contributed by atoms with Crippen molar-refractivity contribution in [3.05, 3.63) is 46.5 Å². The van der Waals surface area contributed by atoms with Gasteiger partial charge in [-0.15, -0.1) is 21.8 Å². The Hall–Kier alpha value is -1.35. The highest BCUT2D eigenvalue weighted by Gasteiger charge is 2.08. The minimum atomic E-state index is 0.399. The highest BCUT2D eigenvalue weighted by molar-refractivity contribution is 6.16. The predicted molar refractivity (Wildman–Crippen MR) is 69.3 cm³/mol. The molecule has 1 aromatic carbocycles. The van der Waals surface area contributed by atoms with Crippen molar-refractivity contribution in [3.63, 3.8) is 0 Å². The van der Waals surface area contributed by atoms with Crippen LogP contribution < -0.4 is 0 Å². The molecule has 0 aliphatic carbocycles. The van der Waals surface area contributed by atoms with E-state index in [1.165, 1.54) is 16.7 Å². The van der Waals surface area contributed by atoms with Crippen molar-refractivity contribution in [2.75, 3.05) is 0 Å². The third-order valence-electron chi connectivity index (χ3n) is 3.11. The first-order valence-electron chi connectivity index (χ1n) is 5.61. The Morgan fingerprint density at radius 2 is 1.82 bits per heavy atom. The normalized spacial score (nSPS) is 10.8. The van der Waals surface area contributed by atoms with E-state index in [-0.39, 0.29) is 0 Å². The van der Waals surface area contributed by atoms with E-state index in [9.17, 15) is 0 Å². The van der Waals surface area contributed by atoms with E-state index in [0.29, 0.717) is 5.88 Å². The predicted octanol–water partition coefficient (Wildman–Crippen LogP) is 2.76. The quantitative estimate of drug-likeness (QED) is 0.784. The molecular formula is C13H16ClN3. The Bertz CT molecular complexity index is 531. The fourth-order valence-corrected chi connectivity index (χ4v) is 2.00. The van der Waals surface area contributed by atoms with Gasteiger partial charge in [-0.3, -0.25) is 0 Å². The Labute approximate surface area is 106 Å². The smallest absolute Gasteiger partial charge is 0.147 e. The van der Waals surface area contributed by atoms with Gasteiger partial charge in [-0.05, 0) is 30.5 Å². The van der Waals surface area contributed by atoms with Crippen LogP contribution in [0.2, 0.25) is 0 Å².